The first-order chi connectivity index (χ1) is 14.3. The van der Waals surface area contributed by atoms with E-state index in [4.69, 9.17) is 0 Å². The number of nitrogens with one attached hydrogen (secondary N) is 2. The fraction of sp³-hybridized carbons (Fsp3) is 0.263. The van der Waals surface area contributed by atoms with Gasteiger partial charge in [-0.1, -0.05) is 12.1 Å². The van der Waals surface area contributed by atoms with Crippen molar-refractivity contribution >= 4 is 43.2 Å². The lowest BCUT2D eigenvalue weighted by Crippen LogP contribution is -2.25. The van der Waals surface area contributed by atoms with Crippen molar-refractivity contribution in [2.75, 3.05) is 28.5 Å². The molecule has 0 bridgehead atoms. The Bertz CT molecular complexity index is 1220. The van der Waals surface area contributed by atoms with Crippen LogP contribution in [-0.2, 0) is 24.8 Å². The number of carbonyl (C=O) groups excluding carboxylic acids is 1. The molecule has 2 aromatic carbocycles. The van der Waals surface area contributed by atoms with Crippen LogP contribution >= 0.6 is 0 Å². The standard InChI is InChI=1S/C19H20N4O5S2/c24-18(10-11-20-19-16-4-1-2-5-17(16)30(27,28)22-19)21-14-6-8-15(9-7-14)23-12-3-13-29(23,25)26/h1-2,4-9H,3,10-13H2,(H,20,22)(H,21,24). The quantitative estimate of drug-likeness (QED) is 0.713. The highest BCUT2D eigenvalue weighted by atomic mass is 32.2. The van der Waals surface area contributed by atoms with Crippen molar-refractivity contribution in [1.82, 2.24) is 4.72 Å². The molecule has 1 amide bonds. The van der Waals surface area contributed by atoms with Crippen LogP contribution < -0.4 is 14.3 Å². The third-order valence-electron chi connectivity index (χ3n) is 4.81. The third-order valence-corrected chi connectivity index (χ3v) is 8.08. The van der Waals surface area contributed by atoms with Gasteiger partial charge in [0.1, 0.15) is 5.84 Å². The molecule has 1 saturated heterocycles. The van der Waals surface area contributed by atoms with Gasteiger partial charge in [-0.15, -0.1) is 0 Å². The van der Waals surface area contributed by atoms with Gasteiger partial charge < -0.3 is 5.32 Å². The molecule has 0 saturated carbocycles. The number of aliphatic imine (C=N–C) groups is 1. The van der Waals surface area contributed by atoms with Gasteiger partial charge >= 0.3 is 0 Å². The third kappa shape index (κ3) is 4.03. The van der Waals surface area contributed by atoms with E-state index in [-0.39, 0.29) is 35.4 Å². The second-order valence-corrected chi connectivity index (χ2v) is 10.6. The van der Waals surface area contributed by atoms with E-state index in [1.165, 1.54) is 10.4 Å². The second kappa shape index (κ2) is 7.73. The molecule has 30 heavy (non-hydrogen) atoms. The van der Waals surface area contributed by atoms with E-state index in [1.54, 1.807) is 42.5 Å². The zero-order valence-corrected chi connectivity index (χ0v) is 17.5. The number of nitrogens with zero attached hydrogens (tertiary/aromatic N) is 2. The lowest BCUT2D eigenvalue weighted by Gasteiger charge is -2.17. The molecule has 1 fully saturated rings. The number of fused-ring (bicyclic) bond motifs is 1. The van der Waals surface area contributed by atoms with Crippen LogP contribution in [-0.4, -0.2) is 47.4 Å². The van der Waals surface area contributed by atoms with Crippen LogP contribution in [0.1, 0.15) is 18.4 Å². The van der Waals surface area contributed by atoms with Crippen molar-refractivity contribution in [2.24, 2.45) is 4.99 Å². The molecular weight excluding hydrogens is 428 g/mol. The molecule has 2 N–H and O–H groups in total. The van der Waals surface area contributed by atoms with Crippen molar-refractivity contribution in [3.8, 4) is 0 Å². The summed E-state index contributed by atoms with van der Waals surface area (Å²) in [7, 11) is -6.84. The Morgan fingerprint density at radius 3 is 2.50 bits per heavy atom. The van der Waals surface area contributed by atoms with Crippen molar-refractivity contribution in [1.29, 1.82) is 0 Å². The van der Waals surface area contributed by atoms with Gasteiger partial charge in [0.15, 0.2) is 0 Å². The molecule has 0 spiro atoms. The number of hydrogen-bond acceptors (Lipinski definition) is 6. The zero-order chi connectivity index (χ0) is 21.4. The van der Waals surface area contributed by atoms with E-state index in [2.05, 4.69) is 15.0 Å². The lowest BCUT2D eigenvalue weighted by molar-refractivity contribution is -0.116. The Morgan fingerprint density at radius 2 is 1.80 bits per heavy atom. The maximum absolute atomic E-state index is 12.2. The predicted octanol–water partition coefficient (Wildman–Crippen LogP) is 1.29. The van der Waals surface area contributed by atoms with E-state index in [0.717, 1.165) is 0 Å². The molecule has 2 aliphatic heterocycles. The van der Waals surface area contributed by atoms with Gasteiger partial charge in [0.2, 0.25) is 15.9 Å². The van der Waals surface area contributed by atoms with Crippen LogP contribution in [0.2, 0.25) is 0 Å². The number of anilines is 2. The van der Waals surface area contributed by atoms with Crippen LogP contribution in [0.25, 0.3) is 0 Å². The molecule has 11 heteroatoms. The summed E-state index contributed by atoms with van der Waals surface area (Å²) in [6.45, 7) is 0.573. The molecule has 4 rings (SSSR count). The highest BCUT2D eigenvalue weighted by Gasteiger charge is 2.30. The fourth-order valence-corrected chi connectivity index (χ4v) is 6.20. The first kappa shape index (κ1) is 20.4. The Kier molecular flexibility index (Phi) is 5.24. The van der Waals surface area contributed by atoms with Crippen LogP contribution in [0.5, 0.6) is 0 Å². The summed E-state index contributed by atoms with van der Waals surface area (Å²) in [5, 5.41) is 2.73. The van der Waals surface area contributed by atoms with Gasteiger partial charge in [-0.3, -0.25) is 18.8 Å². The average Bonchev–Trinajstić information content (AvgIpc) is 3.19. The van der Waals surface area contributed by atoms with Gasteiger partial charge in [-0.05, 0) is 42.8 Å². The number of benzene rings is 2. The van der Waals surface area contributed by atoms with Gasteiger partial charge in [-0.2, -0.15) is 0 Å². The summed E-state index contributed by atoms with van der Waals surface area (Å²) in [6.07, 6.45) is 0.666. The normalized spacial score (nSPS) is 20.0. The number of amides is 1. The Morgan fingerprint density at radius 1 is 1.07 bits per heavy atom. The van der Waals surface area contributed by atoms with Crippen LogP contribution in [0.3, 0.4) is 0 Å². The number of carbonyl (C=O) groups is 1. The van der Waals surface area contributed by atoms with Gasteiger partial charge in [-0.25, -0.2) is 16.8 Å². The molecule has 158 valence electrons. The molecule has 0 aliphatic carbocycles. The van der Waals surface area contributed by atoms with E-state index in [9.17, 15) is 21.6 Å². The minimum absolute atomic E-state index is 0.0651. The molecule has 0 unspecified atom stereocenters. The number of hydrogen-bond donors (Lipinski definition) is 2. The Hall–Kier alpha value is -2.92. The summed E-state index contributed by atoms with van der Waals surface area (Å²) in [5.41, 5.74) is 1.61. The smallest absolute Gasteiger partial charge is 0.263 e. The minimum Gasteiger partial charge on any atom is -0.326 e. The highest BCUT2D eigenvalue weighted by Crippen LogP contribution is 2.25. The van der Waals surface area contributed by atoms with Gasteiger partial charge in [0, 0.05) is 24.2 Å². The average molecular weight is 449 g/mol. The van der Waals surface area contributed by atoms with Gasteiger partial charge in [0.05, 0.1) is 22.9 Å². The monoisotopic (exact) mass is 448 g/mol. The molecule has 2 aromatic rings. The van der Waals surface area contributed by atoms with E-state index < -0.39 is 20.0 Å². The van der Waals surface area contributed by atoms with Gasteiger partial charge in [0.25, 0.3) is 10.0 Å². The SMILES string of the molecule is O=C(CCN=C1NS(=O)(=O)c2ccccc21)Nc1ccc(N2CCCS2(=O)=O)cc1. The summed E-state index contributed by atoms with van der Waals surface area (Å²) >= 11 is 0. The lowest BCUT2D eigenvalue weighted by atomic mass is 10.2. The molecule has 0 radical (unpaired) electrons. The summed E-state index contributed by atoms with van der Waals surface area (Å²) in [5.74, 6) is 0.0962. The molecular formula is C19H20N4O5S2. The van der Waals surface area contributed by atoms with Crippen LogP contribution in [0.4, 0.5) is 11.4 Å². The minimum atomic E-state index is -3.60. The van der Waals surface area contributed by atoms with Crippen molar-refractivity contribution in [2.45, 2.75) is 17.7 Å². The number of sulfonamides is 2. The van der Waals surface area contributed by atoms with E-state index >= 15 is 0 Å². The van der Waals surface area contributed by atoms with Crippen LogP contribution in [0, 0.1) is 0 Å². The van der Waals surface area contributed by atoms with Crippen LogP contribution in [0.15, 0.2) is 58.4 Å². The molecule has 0 aromatic heterocycles. The summed E-state index contributed by atoms with van der Waals surface area (Å²) in [4.78, 5) is 16.6. The molecule has 9 nitrogen and oxygen atoms in total. The summed E-state index contributed by atoms with van der Waals surface area (Å²) < 4.78 is 51.8. The van der Waals surface area contributed by atoms with E-state index in [1.807, 2.05) is 0 Å². The van der Waals surface area contributed by atoms with Crippen molar-refractivity contribution in [3.63, 3.8) is 0 Å². The predicted molar refractivity (Wildman–Crippen MR) is 114 cm³/mol. The second-order valence-electron chi connectivity index (χ2n) is 6.92. The topological polar surface area (TPSA) is 125 Å². The largest absolute Gasteiger partial charge is 0.326 e. The zero-order valence-electron chi connectivity index (χ0n) is 15.9. The molecule has 2 heterocycles. The summed E-state index contributed by atoms with van der Waals surface area (Å²) in [6, 6.07) is 13.1. The van der Waals surface area contributed by atoms with E-state index in [0.29, 0.717) is 29.9 Å². The first-order valence-corrected chi connectivity index (χ1v) is 12.4. The maximum Gasteiger partial charge on any atom is 0.263 e. The fourth-order valence-electron chi connectivity index (χ4n) is 3.38. The Labute approximate surface area is 174 Å². The van der Waals surface area contributed by atoms with Crippen molar-refractivity contribution in [3.05, 3.63) is 54.1 Å². The number of amidine groups is 1. The highest BCUT2D eigenvalue weighted by molar-refractivity contribution is 7.93. The number of rotatable bonds is 5. The first-order valence-electron chi connectivity index (χ1n) is 9.33. The molecule has 0 atom stereocenters. The molecule has 2 aliphatic rings. The maximum atomic E-state index is 12.2. The van der Waals surface area contributed by atoms with Crippen molar-refractivity contribution < 1.29 is 21.6 Å². The Balaban J connectivity index is 1.35.